The number of nitrogens with one attached hydrogen (secondary N) is 1. The number of aromatic nitrogens is 2. The Morgan fingerprint density at radius 3 is 2.52 bits per heavy atom. The van der Waals surface area contributed by atoms with Gasteiger partial charge in [-0.1, -0.05) is 39.3 Å². The monoisotopic (exact) mass is 438 g/mol. The van der Waals surface area contributed by atoms with E-state index in [0.717, 1.165) is 11.0 Å². The van der Waals surface area contributed by atoms with Gasteiger partial charge < -0.3 is 14.6 Å². The molecular weight excluding hydrogens is 412 g/mol. The van der Waals surface area contributed by atoms with Crippen molar-refractivity contribution in [1.82, 2.24) is 20.4 Å². The molecule has 0 unspecified atom stereocenters. The molecule has 0 saturated heterocycles. The van der Waals surface area contributed by atoms with Crippen molar-refractivity contribution in [2.75, 3.05) is 7.05 Å². The van der Waals surface area contributed by atoms with Gasteiger partial charge in [-0.2, -0.15) is 4.98 Å². The summed E-state index contributed by atoms with van der Waals surface area (Å²) < 4.78 is 11.7. The number of carbonyl (C=O) groups excluding carboxylic acids is 1. The molecule has 0 radical (unpaired) electrons. The minimum atomic E-state index is -0.814. The molecule has 148 valence electrons. The number of rotatable bonds is 6. The Kier molecular flexibility index (Phi) is 6.64. The number of nitrogens with zero attached hydrogens (tertiary/aromatic N) is 3. The number of benzene rings is 1. The van der Waals surface area contributed by atoms with E-state index in [1.165, 1.54) is 5.56 Å². The molecule has 0 aliphatic rings. The molecule has 0 aliphatic heterocycles. The van der Waals surface area contributed by atoms with E-state index in [-0.39, 0.29) is 0 Å². The first-order valence-electron chi connectivity index (χ1n) is 8.72. The molecule has 1 N–H and O–H groups in total. The van der Waals surface area contributed by atoms with Crippen LogP contribution in [0.25, 0.3) is 0 Å². The summed E-state index contributed by atoms with van der Waals surface area (Å²) in [6.07, 6.45) is -0.523. The highest BCUT2D eigenvalue weighted by atomic mass is 79.9. The van der Waals surface area contributed by atoms with Crippen molar-refractivity contribution in [2.45, 2.75) is 58.8 Å². The van der Waals surface area contributed by atoms with Gasteiger partial charge in [-0.15, -0.1) is 0 Å². The van der Waals surface area contributed by atoms with E-state index in [0.29, 0.717) is 18.3 Å². The normalized spacial score (nSPS) is 12.3. The number of amides is 1. The topological polar surface area (TPSA) is 80.5 Å². The standard InChI is InChI=1S/C19H27BrN4O3/c1-18(2,3)26-17(25)22-19(4,5)16-21-15(27-23-16)12-24(6)11-13-9-7-8-10-14(13)20/h7-10H,11-12H2,1-6H3,(H,22,25). The third-order valence-electron chi connectivity index (χ3n) is 3.64. The van der Waals surface area contributed by atoms with Gasteiger partial charge in [0.1, 0.15) is 11.1 Å². The lowest BCUT2D eigenvalue weighted by Crippen LogP contribution is -2.44. The highest BCUT2D eigenvalue weighted by molar-refractivity contribution is 9.10. The van der Waals surface area contributed by atoms with Crippen LogP contribution in [0.3, 0.4) is 0 Å². The summed E-state index contributed by atoms with van der Waals surface area (Å²) in [5, 5.41) is 6.80. The van der Waals surface area contributed by atoms with E-state index in [4.69, 9.17) is 9.26 Å². The Bertz CT molecular complexity index is 783. The fraction of sp³-hybridized carbons (Fsp3) is 0.526. The van der Waals surface area contributed by atoms with Gasteiger partial charge in [0.2, 0.25) is 5.89 Å². The number of hydrogen-bond donors (Lipinski definition) is 1. The maximum absolute atomic E-state index is 12.0. The first-order valence-corrected chi connectivity index (χ1v) is 9.52. The van der Waals surface area contributed by atoms with Crippen LogP contribution in [0.1, 0.15) is 51.9 Å². The van der Waals surface area contributed by atoms with E-state index in [1.54, 1.807) is 13.8 Å². The van der Waals surface area contributed by atoms with E-state index in [2.05, 4.69) is 42.4 Å². The Morgan fingerprint density at radius 1 is 1.22 bits per heavy atom. The second kappa shape index (κ2) is 8.39. The first-order chi connectivity index (χ1) is 12.5. The molecule has 0 spiro atoms. The van der Waals surface area contributed by atoms with Crippen LogP contribution in [0.4, 0.5) is 4.79 Å². The Hall–Kier alpha value is -1.93. The minimum absolute atomic E-state index is 0.401. The van der Waals surface area contributed by atoms with Crippen LogP contribution < -0.4 is 5.32 Å². The Labute approximate surface area is 168 Å². The number of halogens is 1. The molecule has 0 aliphatic carbocycles. The van der Waals surface area contributed by atoms with Gasteiger partial charge in [-0.05, 0) is 53.3 Å². The van der Waals surface area contributed by atoms with Gasteiger partial charge in [0.25, 0.3) is 0 Å². The van der Waals surface area contributed by atoms with Crippen LogP contribution in [-0.4, -0.2) is 33.8 Å². The van der Waals surface area contributed by atoms with Crippen LogP contribution >= 0.6 is 15.9 Å². The highest BCUT2D eigenvalue weighted by Crippen LogP contribution is 2.20. The summed E-state index contributed by atoms with van der Waals surface area (Å²) in [5.41, 5.74) is -0.214. The summed E-state index contributed by atoms with van der Waals surface area (Å²) in [6, 6.07) is 8.06. The summed E-state index contributed by atoms with van der Waals surface area (Å²) in [7, 11) is 1.98. The predicted octanol–water partition coefficient (Wildman–Crippen LogP) is 4.22. The fourth-order valence-corrected chi connectivity index (χ4v) is 2.80. The fourth-order valence-electron chi connectivity index (χ4n) is 2.39. The smallest absolute Gasteiger partial charge is 0.408 e. The van der Waals surface area contributed by atoms with Gasteiger partial charge in [0.05, 0.1) is 6.54 Å². The van der Waals surface area contributed by atoms with Crippen molar-refractivity contribution in [2.24, 2.45) is 0 Å². The average Bonchev–Trinajstić information content (AvgIpc) is 2.96. The zero-order chi connectivity index (χ0) is 20.2. The number of hydrogen-bond acceptors (Lipinski definition) is 6. The second-order valence-electron chi connectivity index (χ2n) is 8.03. The molecule has 1 aromatic heterocycles. The number of carbonyl (C=O) groups is 1. The van der Waals surface area contributed by atoms with Crippen molar-refractivity contribution in [1.29, 1.82) is 0 Å². The van der Waals surface area contributed by atoms with Gasteiger partial charge in [-0.3, -0.25) is 4.90 Å². The molecule has 1 heterocycles. The minimum Gasteiger partial charge on any atom is -0.444 e. The van der Waals surface area contributed by atoms with Crippen molar-refractivity contribution in [3.05, 3.63) is 46.0 Å². The van der Waals surface area contributed by atoms with Crippen molar-refractivity contribution in [3.63, 3.8) is 0 Å². The predicted molar refractivity (Wildman–Crippen MR) is 106 cm³/mol. The number of ether oxygens (including phenoxy) is 1. The molecule has 27 heavy (non-hydrogen) atoms. The SMILES string of the molecule is CN(Cc1nc(C(C)(C)NC(=O)OC(C)(C)C)no1)Cc1ccccc1Br. The van der Waals surface area contributed by atoms with Crippen LogP contribution in [0.5, 0.6) is 0 Å². The third kappa shape index (κ3) is 6.62. The lowest BCUT2D eigenvalue weighted by molar-refractivity contribution is 0.0465. The summed E-state index contributed by atoms with van der Waals surface area (Å²) in [6.45, 7) is 10.3. The van der Waals surface area contributed by atoms with E-state index >= 15 is 0 Å². The average molecular weight is 439 g/mol. The second-order valence-corrected chi connectivity index (χ2v) is 8.88. The summed E-state index contributed by atoms with van der Waals surface area (Å²) in [4.78, 5) is 18.5. The molecule has 0 saturated carbocycles. The van der Waals surface area contributed by atoms with Crippen LogP contribution in [0, 0.1) is 0 Å². The number of alkyl carbamates (subject to hydrolysis) is 1. The molecule has 7 nitrogen and oxygen atoms in total. The third-order valence-corrected chi connectivity index (χ3v) is 4.42. The summed E-state index contributed by atoms with van der Waals surface area (Å²) >= 11 is 3.55. The van der Waals surface area contributed by atoms with Crippen LogP contribution in [0.15, 0.2) is 33.3 Å². The van der Waals surface area contributed by atoms with E-state index in [9.17, 15) is 4.79 Å². The molecule has 0 bridgehead atoms. The lowest BCUT2D eigenvalue weighted by Gasteiger charge is -2.26. The molecule has 2 rings (SSSR count). The van der Waals surface area contributed by atoms with Crippen LogP contribution in [0.2, 0.25) is 0 Å². The Balaban J connectivity index is 1.98. The maximum Gasteiger partial charge on any atom is 0.408 e. The van der Waals surface area contributed by atoms with Gasteiger partial charge in [0.15, 0.2) is 5.82 Å². The zero-order valence-corrected chi connectivity index (χ0v) is 18.3. The molecular formula is C19H27BrN4O3. The molecule has 1 amide bonds. The first kappa shape index (κ1) is 21.4. The van der Waals surface area contributed by atoms with Crippen molar-refractivity contribution in [3.8, 4) is 0 Å². The molecule has 8 heteroatoms. The zero-order valence-electron chi connectivity index (χ0n) is 16.7. The Morgan fingerprint density at radius 2 is 1.89 bits per heavy atom. The molecule has 2 aromatic rings. The quantitative estimate of drug-likeness (QED) is 0.726. The van der Waals surface area contributed by atoms with Gasteiger partial charge in [0, 0.05) is 11.0 Å². The molecule has 0 atom stereocenters. The largest absolute Gasteiger partial charge is 0.444 e. The van der Waals surface area contributed by atoms with Gasteiger partial charge in [-0.25, -0.2) is 4.79 Å². The van der Waals surface area contributed by atoms with Crippen molar-refractivity contribution < 1.29 is 14.1 Å². The maximum atomic E-state index is 12.0. The van der Waals surface area contributed by atoms with Crippen molar-refractivity contribution >= 4 is 22.0 Å². The van der Waals surface area contributed by atoms with Gasteiger partial charge >= 0.3 is 6.09 Å². The summed E-state index contributed by atoms with van der Waals surface area (Å²) in [5.74, 6) is 0.885. The van der Waals surface area contributed by atoms with Crippen LogP contribution in [-0.2, 0) is 23.4 Å². The lowest BCUT2D eigenvalue weighted by atomic mass is 10.1. The van der Waals surface area contributed by atoms with E-state index < -0.39 is 17.2 Å². The molecule has 1 aromatic carbocycles. The van der Waals surface area contributed by atoms with E-state index in [1.807, 2.05) is 46.0 Å². The highest BCUT2D eigenvalue weighted by Gasteiger charge is 2.31. The molecule has 0 fully saturated rings.